The van der Waals surface area contributed by atoms with Gasteiger partial charge in [0.2, 0.25) is 0 Å². The Bertz CT molecular complexity index is 511. The molecule has 1 aromatic rings. The molecule has 2 N–H and O–H groups in total. The van der Waals surface area contributed by atoms with E-state index in [2.05, 4.69) is 27.2 Å². The fourth-order valence-electron chi connectivity index (χ4n) is 2.36. The molecule has 1 aliphatic rings. The van der Waals surface area contributed by atoms with Gasteiger partial charge in [-0.25, -0.2) is 4.79 Å². The molecule has 6 heteroatoms. The van der Waals surface area contributed by atoms with Gasteiger partial charge in [-0.3, -0.25) is 4.98 Å². The molecular formula is C13H19N5O. The van der Waals surface area contributed by atoms with Crippen LogP contribution < -0.4 is 11.0 Å². The highest BCUT2D eigenvalue weighted by atomic mass is 16.1. The van der Waals surface area contributed by atoms with Crippen LogP contribution in [0.25, 0.3) is 0 Å². The maximum atomic E-state index is 11.2. The largest absolute Gasteiger partial charge is 0.370 e. The Balaban J connectivity index is 1.81. The molecule has 0 bridgehead atoms. The van der Waals surface area contributed by atoms with Crippen molar-refractivity contribution in [1.82, 2.24) is 14.9 Å². The predicted molar refractivity (Wildman–Crippen MR) is 72.9 cm³/mol. The van der Waals surface area contributed by atoms with Crippen LogP contribution in [0.3, 0.4) is 0 Å². The lowest BCUT2D eigenvalue weighted by Crippen LogP contribution is -2.31. The first-order valence-electron chi connectivity index (χ1n) is 6.61. The smallest absolute Gasteiger partial charge is 0.347 e. The van der Waals surface area contributed by atoms with E-state index in [0.29, 0.717) is 5.82 Å². The summed E-state index contributed by atoms with van der Waals surface area (Å²) in [5.74, 6) is 1.22. The van der Waals surface area contributed by atoms with Gasteiger partial charge in [0.15, 0.2) is 0 Å². The van der Waals surface area contributed by atoms with Crippen molar-refractivity contribution in [2.75, 3.05) is 32.0 Å². The van der Waals surface area contributed by atoms with Gasteiger partial charge >= 0.3 is 5.69 Å². The van der Waals surface area contributed by atoms with Gasteiger partial charge in [0, 0.05) is 12.6 Å². The second-order valence-corrected chi connectivity index (χ2v) is 5.06. The quantitative estimate of drug-likeness (QED) is 0.837. The van der Waals surface area contributed by atoms with Gasteiger partial charge in [-0.15, -0.1) is 0 Å². The average molecular weight is 261 g/mol. The summed E-state index contributed by atoms with van der Waals surface area (Å²) in [7, 11) is 2.15. The highest BCUT2D eigenvalue weighted by Gasteiger charge is 2.15. The minimum atomic E-state index is -0.485. The Hall–Kier alpha value is -1.87. The Morgan fingerprint density at radius 2 is 2.32 bits per heavy atom. The minimum absolute atomic E-state index is 0.238. The van der Waals surface area contributed by atoms with Crippen molar-refractivity contribution in [3.8, 4) is 6.07 Å². The van der Waals surface area contributed by atoms with Crippen LogP contribution >= 0.6 is 0 Å². The van der Waals surface area contributed by atoms with E-state index in [9.17, 15) is 4.79 Å². The van der Waals surface area contributed by atoms with E-state index < -0.39 is 5.69 Å². The zero-order valence-electron chi connectivity index (χ0n) is 11.1. The molecule has 0 unspecified atom stereocenters. The van der Waals surface area contributed by atoms with Crippen molar-refractivity contribution < 1.29 is 0 Å². The Kier molecular flexibility index (Phi) is 4.53. The number of nitrogens with one attached hydrogen (secondary N) is 2. The SMILES string of the molecule is CN1CCC(CCNc2cc(C#N)[nH]c(=O)n2)CC1. The van der Waals surface area contributed by atoms with E-state index in [-0.39, 0.29) is 5.69 Å². The van der Waals surface area contributed by atoms with Gasteiger partial charge in [-0.1, -0.05) is 0 Å². The molecule has 1 aliphatic heterocycles. The maximum Gasteiger partial charge on any atom is 0.347 e. The van der Waals surface area contributed by atoms with E-state index in [1.807, 2.05) is 6.07 Å². The number of aromatic nitrogens is 2. The lowest BCUT2D eigenvalue weighted by Gasteiger charge is -2.28. The number of hydrogen-bond acceptors (Lipinski definition) is 5. The molecule has 0 radical (unpaired) electrons. The third-order valence-electron chi connectivity index (χ3n) is 3.56. The van der Waals surface area contributed by atoms with E-state index in [1.165, 1.54) is 12.8 Å². The molecule has 1 aromatic heterocycles. The van der Waals surface area contributed by atoms with Crippen molar-refractivity contribution >= 4 is 5.82 Å². The van der Waals surface area contributed by atoms with Crippen molar-refractivity contribution in [1.29, 1.82) is 5.26 Å². The number of piperidine rings is 1. The number of hydrogen-bond donors (Lipinski definition) is 2. The van der Waals surface area contributed by atoms with Gasteiger partial charge in [-0.2, -0.15) is 10.2 Å². The van der Waals surface area contributed by atoms with E-state index >= 15 is 0 Å². The highest BCUT2D eigenvalue weighted by molar-refractivity contribution is 5.38. The summed E-state index contributed by atoms with van der Waals surface area (Å²) in [4.78, 5) is 19.7. The lowest BCUT2D eigenvalue weighted by molar-refractivity contribution is 0.215. The third kappa shape index (κ3) is 4.07. The van der Waals surface area contributed by atoms with Crippen molar-refractivity contribution in [3.63, 3.8) is 0 Å². The number of aromatic amines is 1. The second-order valence-electron chi connectivity index (χ2n) is 5.06. The maximum absolute atomic E-state index is 11.2. The zero-order valence-corrected chi connectivity index (χ0v) is 11.1. The molecule has 2 rings (SSSR count). The monoisotopic (exact) mass is 261 g/mol. The molecule has 6 nitrogen and oxygen atoms in total. The second kappa shape index (κ2) is 6.34. The molecule has 0 aromatic carbocycles. The average Bonchev–Trinajstić information content (AvgIpc) is 2.40. The number of nitriles is 1. The number of H-pyrrole nitrogens is 1. The van der Waals surface area contributed by atoms with Crippen LogP contribution in [0.1, 0.15) is 25.0 Å². The van der Waals surface area contributed by atoms with Gasteiger partial charge in [0.25, 0.3) is 0 Å². The topological polar surface area (TPSA) is 84.8 Å². The van der Waals surface area contributed by atoms with Crippen LogP contribution in [0, 0.1) is 17.2 Å². The van der Waals surface area contributed by atoms with E-state index in [1.54, 1.807) is 6.07 Å². The molecule has 2 heterocycles. The summed E-state index contributed by atoms with van der Waals surface area (Å²) in [5, 5.41) is 11.9. The van der Waals surface area contributed by atoms with Crippen molar-refractivity contribution in [2.24, 2.45) is 5.92 Å². The van der Waals surface area contributed by atoms with Crippen LogP contribution in [0.15, 0.2) is 10.9 Å². The van der Waals surface area contributed by atoms with Crippen LogP contribution in [-0.4, -0.2) is 41.5 Å². The summed E-state index contributed by atoms with van der Waals surface area (Å²) in [5.41, 5.74) is -0.248. The fraction of sp³-hybridized carbons (Fsp3) is 0.615. The van der Waals surface area contributed by atoms with Gasteiger partial charge in [-0.05, 0) is 45.3 Å². The Morgan fingerprint density at radius 1 is 1.58 bits per heavy atom. The van der Waals surface area contributed by atoms with Crippen molar-refractivity contribution in [3.05, 3.63) is 22.2 Å². The first kappa shape index (κ1) is 13.6. The number of anilines is 1. The summed E-state index contributed by atoms with van der Waals surface area (Å²) in [6, 6.07) is 3.48. The first-order chi connectivity index (χ1) is 9.17. The fourth-order valence-corrected chi connectivity index (χ4v) is 2.36. The lowest BCUT2D eigenvalue weighted by atomic mass is 9.94. The summed E-state index contributed by atoms with van der Waals surface area (Å²) >= 11 is 0. The molecule has 19 heavy (non-hydrogen) atoms. The van der Waals surface area contributed by atoms with Crippen LogP contribution in [0.4, 0.5) is 5.82 Å². The van der Waals surface area contributed by atoms with Crippen LogP contribution in [0.2, 0.25) is 0 Å². The number of nitrogens with zero attached hydrogens (tertiary/aromatic N) is 3. The van der Waals surface area contributed by atoms with Crippen molar-refractivity contribution in [2.45, 2.75) is 19.3 Å². The molecule has 0 aliphatic carbocycles. The molecule has 102 valence electrons. The van der Waals surface area contributed by atoms with Crippen LogP contribution in [0.5, 0.6) is 0 Å². The van der Waals surface area contributed by atoms with Gasteiger partial charge in [0.1, 0.15) is 17.6 Å². The zero-order chi connectivity index (χ0) is 13.7. The highest BCUT2D eigenvalue weighted by Crippen LogP contribution is 2.19. The molecule has 1 saturated heterocycles. The molecular weight excluding hydrogens is 242 g/mol. The number of likely N-dealkylation sites (tertiary alicyclic amines) is 1. The Morgan fingerprint density at radius 3 is 3.00 bits per heavy atom. The van der Waals surface area contributed by atoms with Gasteiger partial charge in [0.05, 0.1) is 0 Å². The number of rotatable bonds is 4. The first-order valence-corrected chi connectivity index (χ1v) is 6.61. The summed E-state index contributed by atoms with van der Waals surface area (Å²) in [6.07, 6.45) is 3.53. The molecule has 1 fully saturated rings. The molecule has 0 amide bonds. The Labute approximate surface area is 112 Å². The summed E-state index contributed by atoms with van der Waals surface area (Å²) in [6.45, 7) is 3.11. The van der Waals surface area contributed by atoms with E-state index in [4.69, 9.17) is 5.26 Å². The third-order valence-corrected chi connectivity index (χ3v) is 3.56. The molecule has 0 saturated carbocycles. The predicted octanol–water partition coefficient (Wildman–Crippen LogP) is 0.785. The standard InChI is InChI=1S/C13H19N5O/c1-18-6-3-10(4-7-18)2-5-15-12-8-11(9-14)16-13(19)17-12/h8,10H,2-7H2,1H3,(H2,15,16,17,19). The van der Waals surface area contributed by atoms with Crippen LogP contribution in [-0.2, 0) is 0 Å². The normalized spacial score (nSPS) is 17.1. The molecule has 0 spiro atoms. The van der Waals surface area contributed by atoms with Gasteiger partial charge < -0.3 is 10.2 Å². The minimum Gasteiger partial charge on any atom is -0.370 e. The molecule has 0 atom stereocenters. The van der Waals surface area contributed by atoms with E-state index in [0.717, 1.165) is 32.0 Å². The summed E-state index contributed by atoms with van der Waals surface area (Å²) < 4.78 is 0.